The van der Waals surface area contributed by atoms with Crippen molar-refractivity contribution in [2.45, 2.75) is 46.6 Å². The summed E-state index contributed by atoms with van der Waals surface area (Å²) in [5, 5.41) is 11.4. The Morgan fingerprint density at radius 1 is 1.15 bits per heavy atom. The third kappa shape index (κ3) is 7.11. The minimum Gasteiger partial charge on any atom is -0.481 e. The predicted molar refractivity (Wildman–Crippen MR) is 76.1 cm³/mol. The molecule has 6 nitrogen and oxygen atoms in total. The first-order valence-electron chi connectivity index (χ1n) is 6.91. The van der Waals surface area contributed by atoms with E-state index in [1.807, 2.05) is 27.7 Å². The summed E-state index contributed by atoms with van der Waals surface area (Å²) in [5.41, 5.74) is 0. The highest BCUT2D eigenvalue weighted by Gasteiger charge is 2.27. The molecule has 0 saturated carbocycles. The standard InChI is InChI=1S/C14H26N2O4/c1-9(2)8-11(17)15-13(10(3)4)14(20)16(5)7-6-12(18)19/h9-10,13H,6-8H2,1-5H3,(H,15,17)(H,18,19). The van der Waals surface area contributed by atoms with Gasteiger partial charge in [0.25, 0.3) is 0 Å². The van der Waals surface area contributed by atoms with Gasteiger partial charge in [0.1, 0.15) is 6.04 Å². The Kier molecular flexibility index (Phi) is 7.87. The van der Waals surface area contributed by atoms with Crippen molar-refractivity contribution in [2.24, 2.45) is 11.8 Å². The highest BCUT2D eigenvalue weighted by atomic mass is 16.4. The van der Waals surface area contributed by atoms with Crippen LogP contribution >= 0.6 is 0 Å². The molecule has 0 aromatic carbocycles. The number of hydrogen-bond donors (Lipinski definition) is 2. The summed E-state index contributed by atoms with van der Waals surface area (Å²) in [7, 11) is 1.55. The number of aliphatic carboxylic acids is 1. The first-order valence-corrected chi connectivity index (χ1v) is 6.91. The number of carboxylic acid groups (broad SMARTS) is 1. The van der Waals surface area contributed by atoms with Crippen LogP contribution in [-0.2, 0) is 14.4 Å². The van der Waals surface area contributed by atoms with Gasteiger partial charge in [-0.1, -0.05) is 27.7 Å². The van der Waals surface area contributed by atoms with Crippen LogP contribution in [0.25, 0.3) is 0 Å². The molecule has 0 spiro atoms. The van der Waals surface area contributed by atoms with E-state index in [0.717, 1.165) is 0 Å². The van der Waals surface area contributed by atoms with Crippen LogP contribution in [0.15, 0.2) is 0 Å². The molecule has 0 aromatic rings. The van der Waals surface area contributed by atoms with Crippen molar-refractivity contribution >= 4 is 17.8 Å². The maximum absolute atomic E-state index is 12.2. The van der Waals surface area contributed by atoms with Gasteiger partial charge in [-0.05, 0) is 11.8 Å². The van der Waals surface area contributed by atoms with Gasteiger partial charge in [0.15, 0.2) is 0 Å². The summed E-state index contributed by atoms with van der Waals surface area (Å²) in [5.74, 6) is -1.18. The van der Waals surface area contributed by atoms with E-state index in [4.69, 9.17) is 5.11 Å². The number of likely N-dealkylation sites (N-methyl/N-ethyl adjacent to an activating group) is 1. The lowest BCUT2D eigenvalue weighted by molar-refractivity contribution is -0.140. The minimum absolute atomic E-state index is 0.0501. The van der Waals surface area contributed by atoms with Crippen molar-refractivity contribution in [3.63, 3.8) is 0 Å². The van der Waals surface area contributed by atoms with E-state index in [-0.39, 0.29) is 36.6 Å². The Bertz CT molecular complexity index is 353. The first kappa shape index (κ1) is 18.4. The topological polar surface area (TPSA) is 86.7 Å². The Labute approximate surface area is 120 Å². The SMILES string of the molecule is CC(C)CC(=O)NC(C(=O)N(C)CCC(=O)O)C(C)C. The van der Waals surface area contributed by atoms with Gasteiger partial charge in [-0.15, -0.1) is 0 Å². The van der Waals surface area contributed by atoms with Crippen molar-refractivity contribution in [2.75, 3.05) is 13.6 Å². The number of carbonyl (C=O) groups excluding carboxylic acids is 2. The molecule has 0 bridgehead atoms. The Morgan fingerprint density at radius 3 is 2.10 bits per heavy atom. The number of nitrogens with one attached hydrogen (secondary N) is 1. The highest BCUT2D eigenvalue weighted by Crippen LogP contribution is 2.08. The lowest BCUT2D eigenvalue weighted by atomic mass is 10.0. The van der Waals surface area contributed by atoms with Gasteiger partial charge >= 0.3 is 5.97 Å². The van der Waals surface area contributed by atoms with Crippen LogP contribution in [-0.4, -0.2) is 47.4 Å². The normalized spacial score (nSPS) is 12.3. The molecule has 0 aliphatic carbocycles. The smallest absolute Gasteiger partial charge is 0.305 e. The fourth-order valence-corrected chi connectivity index (χ4v) is 1.73. The average molecular weight is 286 g/mol. The molecular weight excluding hydrogens is 260 g/mol. The summed E-state index contributed by atoms with van der Waals surface area (Å²) in [6.45, 7) is 7.71. The highest BCUT2D eigenvalue weighted by molar-refractivity contribution is 5.88. The molecule has 1 unspecified atom stereocenters. The second kappa shape index (κ2) is 8.55. The monoisotopic (exact) mass is 286 g/mol. The maximum Gasteiger partial charge on any atom is 0.305 e. The van der Waals surface area contributed by atoms with E-state index < -0.39 is 12.0 Å². The molecule has 0 aromatic heterocycles. The van der Waals surface area contributed by atoms with Crippen LogP contribution < -0.4 is 5.32 Å². The summed E-state index contributed by atoms with van der Waals surface area (Å²) in [4.78, 5) is 35.9. The van der Waals surface area contributed by atoms with E-state index in [9.17, 15) is 14.4 Å². The molecule has 6 heteroatoms. The van der Waals surface area contributed by atoms with Crippen molar-refractivity contribution in [1.82, 2.24) is 10.2 Å². The fourth-order valence-electron chi connectivity index (χ4n) is 1.73. The van der Waals surface area contributed by atoms with E-state index in [1.165, 1.54) is 4.90 Å². The molecule has 20 heavy (non-hydrogen) atoms. The third-order valence-electron chi connectivity index (χ3n) is 2.88. The predicted octanol–water partition coefficient (Wildman–Crippen LogP) is 1.11. The molecule has 0 aliphatic rings. The van der Waals surface area contributed by atoms with Gasteiger partial charge in [0.05, 0.1) is 6.42 Å². The van der Waals surface area contributed by atoms with E-state index >= 15 is 0 Å². The minimum atomic E-state index is -0.949. The molecule has 0 saturated heterocycles. The van der Waals surface area contributed by atoms with E-state index in [1.54, 1.807) is 7.05 Å². The van der Waals surface area contributed by atoms with Gasteiger partial charge in [-0.3, -0.25) is 14.4 Å². The largest absolute Gasteiger partial charge is 0.481 e. The first-order chi connectivity index (χ1) is 9.15. The third-order valence-corrected chi connectivity index (χ3v) is 2.88. The van der Waals surface area contributed by atoms with Crippen LogP contribution in [0.1, 0.15) is 40.5 Å². The number of carbonyl (C=O) groups is 3. The quantitative estimate of drug-likeness (QED) is 0.699. The number of carboxylic acids is 1. The molecule has 0 heterocycles. The molecule has 2 amide bonds. The van der Waals surface area contributed by atoms with E-state index in [2.05, 4.69) is 5.32 Å². The molecule has 0 fully saturated rings. The second-order valence-corrected chi connectivity index (χ2v) is 5.79. The van der Waals surface area contributed by atoms with Crippen molar-refractivity contribution in [1.29, 1.82) is 0 Å². The summed E-state index contributed by atoms with van der Waals surface area (Å²) in [6, 6.07) is -0.611. The van der Waals surface area contributed by atoms with Gasteiger partial charge in [-0.25, -0.2) is 0 Å². The molecule has 1 atom stereocenters. The number of nitrogens with zero attached hydrogens (tertiary/aromatic N) is 1. The van der Waals surface area contributed by atoms with Gasteiger partial charge in [0.2, 0.25) is 11.8 Å². The molecule has 116 valence electrons. The summed E-state index contributed by atoms with van der Waals surface area (Å²) in [6.07, 6.45) is 0.266. The molecular formula is C14H26N2O4. The van der Waals surface area contributed by atoms with Crippen molar-refractivity contribution < 1.29 is 19.5 Å². The fraction of sp³-hybridized carbons (Fsp3) is 0.786. The summed E-state index contributed by atoms with van der Waals surface area (Å²) < 4.78 is 0. The second-order valence-electron chi connectivity index (χ2n) is 5.79. The van der Waals surface area contributed by atoms with Crippen molar-refractivity contribution in [3.05, 3.63) is 0 Å². The molecule has 0 aliphatic heterocycles. The van der Waals surface area contributed by atoms with Crippen LogP contribution in [0, 0.1) is 11.8 Å². The average Bonchev–Trinajstić information content (AvgIpc) is 2.30. The van der Waals surface area contributed by atoms with E-state index in [0.29, 0.717) is 6.42 Å². The van der Waals surface area contributed by atoms with Crippen LogP contribution in [0.5, 0.6) is 0 Å². The molecule has 0 rings (SSSR count). The van der Waals surface area contributed by atoms with Crippen LogP contribution in [0.3, 0.4) is 0 Å². The van der Waals surface area contributed by atoms with Gasteiger partial charge < -0.3 is 15.3 Å². The summed E-state index contributed by atoms with van der Waals surface area (Å²) >= 11 is 0. The number of rotatable bonds is 8. The Hall–Kier alpha value is -1.59. The zero-order chi connectivity index (χ0) is 15.9. The van der Waals surface area contributed by atoms with Crippen molar-refractivity contribution in [3.8, 4) is 0 Å². The lowest BCUT2D eigenvalue weighted by Gasteiger charge is -2.27. The number of hydrogen-bond acceptors (Lipinski definition) is 3. The zero-order valence-corrected chi connectivity index (χ0v) is 13.0. The Morgan fingerprint density at radius 2 is 1.70 bits per heavy atom. The zero-order valence-electron chi connectivity index (χ0n) is 13.0. The van der Waals surface area contributed by atoms with Crippen LogP contribution in [0.4, 0.5) is 0 Å². The van der Waals surface area contributed by atoms with Gasteiger partial charge in [-0.2, -0.15) is 0 Å². The molecule has 0 radical (unpaired) electrons. The number of amides is 2. The molecule has 2 N–H and O–H groups in total. The Balaban J connectivity index is 4.61. The van der Waals surface area contributed by atoms with Crippen LogP contribution in [0.2, 0.25) is 0 Å². The maximum atomic E-state index is 12.2. The lowest BCUT2D eigenvalue weighted by Crippen LogP contribution is -2.50. The van der Waals surface area contributed by atoms with Gasteiger partial charge in [0, 0.05) is 20.0 Å².